The Morgan fingerprint density at radius 2 is 1.79 bits per heavy atom. The van der Waals surface area contributed by atoms with Crippen molar-refractivity contribution in [3.63, 3.8) is 0 Å². The third kappa shape index (κ3) is 1.18. The highest BCUT2D eigenvalue weighted by Gasteiger charge is 2.62. The molecule has 0 unspecified atom stereocenters. The van der Waals surface area contributed by atoms with Crippen molar-refractivity contribution in [1.82, 2.24) is 0 Å². The molecule has 0 amide bonds. The van der Waals surface area contributed by atoms with E-state index in [2.05, 4.69) is 15.9 Å². The summed E-state index contributed by atoms with van der Waals surface area (Å²) in [7, 11) is 0. The van der Waals surface area contributed by atoms with Crippen LogP contribution in [0.1, 0.15) is 11.1 Å². The molecule has 0 N–H and O–H groups in total. The van der Waals surface area contributed by atoms with Gasteiger partial charge in [-0.1, -0.05) is 22.0 Å². The van der Waals surface area contributed by atoms with Crippen LogP contribution in [0.2, 0.25) is 0 Å². The highest BCUT2D eigenvalue weighted by Crippen LogP contribution is 2.52. The highest BCUT2D eigenvalue weighted by molar-refractivity contribution is 9.10. The molecule has 2 rings (SSSR count). The first kappa shape index (κ1) is 9.96. The van der Waals surface area contributed by atoms with Gasteiger partial charge in [-0.05, 0) is 17.7 Å². The van der Waals surface area contributed by atoms with Crippen LogP contribution in [0.5, 0.6) is 0 Å². The summed E-state index contributed by atoms with van der Waals surface area (Å²) in [5.41, 5.74) is -0.555. The Kier molecular flexibility index (Phi) is 1.93. The zero-order valence-corrected chi connectivity index (χ0v) is 8.41. The molecule has 1 aliphatic rings. The van der Waals surface area contributed by atoms with E-state index in [9.17, 15) is 17.6 Å². The molecule has 0 aromatic heterocycles. The molecule has 0 radical (unpaired) electrons. The summed E-state index contributed by atoms with van der Waals surface area (Å²) in [6.07, 6.45) is -0.886. The standard InChI is InChI=1S/C9H5BrF4/c10-6-2-1-5-4-8(11,12)9(13,14)7(5)3-6/h1-3H,4H2. The van der Waals surface area contributed by atoms with E-state index in [1.54, 1.807) is 0 Å². The van der Waals surface area contributed by atoms with Crippen molar-refractivity contribution < 1.29 is 17.6 Å². The van der Waals surface area contributed by atoms with Crippen molar-refractivity contribution in [3.8, 4) is 0 Å². The molecule has 0 saturated carbocycles. The van der Waals surface area contributed by atoms with Gasteiger partial charge in [0.25, 0.3) is 0 Å². The Balaban J connectivity index is 2.62. The molecule has 1 aromatic carbocycles. The second-order valence-corrected chi connectivity index (χ2v) is 4.17. The fourth-order valence-corrected chi connectivity index (χ4v) is 1.90. The molecule has 14 heavy (non-hydrogen) atoms. The van der Waals surface area contributed by atoms with Gasteiger partial charge < -0.3 is 0 Å². The first-order valence-electron chi connectivity index (χ1n) is 3.89. The van der Waals surface area contributed by atoms with Gasteiger partial charge >= 0.3 is 11.8 Å². The van der Waals surface area contributed by atoms with E-state index in [-0.39, 0.29) is 5.56 Å². The molecule has 5 heteroatoms. The molecule has 0 nitrogen and oxygen atoms in total. The zero-order chi connectivity index (χ0) is 10.6. The lowest BCUT2D eigenvalue weighted by Crippen LogP contribution is -2.33. The summed E-state index contributed by atoms with van der Waals surface area (Å²) in [4.78, 5) is 0. The third-order valence-electron chi connectivity index (χ3n) is 2.28. The number of alkyl halides is 4. The minimum Gasteiger partial charge on any atom is -0.199 e. The van der Waals surface area contributed by atoms with Crippen LogP contribution in [0.4, 0.5) is 17.6 Å². The Labute approximate surface area is 86.1 Å². The van der Waals surface area contributed by atoms with Crippen molar-refractivity contribution in [2.45, 2.75) is 18.3 Å². The maximum Gasteiger partial charge on any atom is 0.335 e. The van der Waals surface area contributed by atoms with Crippen LogP contribution in [0.3, 0.4) is 0 Å². The fourth-order valence-electron chi connectivity index (χ4n) is 1.54. The summed E-state index contributed by atoms with van der Waals surface area (Å²) in [5, 5.41) is 0. The van der Waals surface area contributed by atoms with E-state index in [1.807, 2.05) is 0 Å². The Bertz CT molecular complexity index is 386. The second kappa shape index (κ2) is 2.72. The lowest BCUT2D eigenvalue weighted by molar-refractivity contribution is -0.202. The summed E-state index contributed by atoms with van der Waals surface area (Å²) in [6, 6.07) is 3.83. The Morgan fingerprint density at radius 1 is 1.14 bits per heavy atom. The molecule has 0 spiro atoms. The van der Waals surface area contributed by atoms with Crippen LogP contribution in [-0.4, -0.2) is 5.92 Å². The maximum atomic E-state index is 13.1. The average Bonchev–Trinajstić information content (AvgIpc) is 2.22. The van der Waals surface area contributed by atoms with Gasteiger partial charge in [-0.2, -0.15) is 17.6 Å². The molecule has 0 heterocycles. The van der Waals surface area contributed by atoms with Gasteiger partial charge in [-0.15, -0.1) is 0 Å². The van der Waals surface area contributed by atoms with E-state index in [0.29, 0.717) is 4.47 Å². The van der Waals surface area contributed by atoms with Crippen LogP contribution in [-0.2, 0) is 12.3 Å². The molecule has 0 saturated heterocycles. The van der Waals surface area contributed by atoms with Crippen LogP contribution < -0.4 is 0 Å². The maximum absolute atomic E-state index is 13.1. The molecule has 0 aliphatic heterocycles. The van der Waals surface area contributed by atoms with Crippen LogP contribution in [0.25, 0.3) is 0 Å². The van der Waals surface area contributed by atoms with Crippen molar-refractivity contribution in [2.24, 2.45) is 0 Å². The molecule has 0 fully saturated rings. The van der Waals surface area contributed by atoms with E-state index in [1.165, 1.54) is 12.1 Å². The van der Waals surface area contributed by atoms with Gasteiger partial charge in [-0.3, -0.25) is 0 Å². The van der Waals surface area contributed by atoms with Crippen molar-refractivity contribution in [1.29, 1.82) is 0 Å². The number of fused-ring (bicyclic) bond motifs is 1. The topological polar surface area (TPSA) is 0 Å². The quantitative estimate of drug-likeness (QED) is 0.629. The molecule has 76 valence electrons. The van der Waals surface area contributed by atoms with Crippen LogP contribution >= 0.6 is 15.9 Å². The van der Waals surface area contributed by atoms with Crippen LogP contribution in [0.15, 0.2) is 22.7 Å². The smallest absolute Gasteiger partial charge is 0.199 e. The lowest BCUT2D eigenvalue weighted by atomic mass is 10.1. The van der Waals surface area contributed by atoms with Crippen LogP contribution in [0, 0.1) is 0 Å². The van der Waals surface area contributed by atoms with Gasteiger partial charge in [0.05, 0.1) is 0 Å². The summed E-state index contributed by atoms with van der Waals surface area (Å²) >= 11 is 2.98. The predicted molar refractivity (Wildman–Crippen MR) is 46.7 cm³/mol. The third-order valence-corrected chi connectivity index (χ3v) is 2.78. The monoisotopic (exact) mass is 268 g/mol. The predicted octanol–water partition coefficient (Wildman–Crippen LogP) is 3.73. The molecular weight excluding hydrogens is 264 g/mol. The normalized spacial score (nSPS) is 22.1. The summed E-state index contributed by atoms with van der Waals surface area (Å²) in [5.74, 6) is -8.01. The minimum atomic E-state index is -4.05. The SMILES string of the molecule is FC1(F)Cc2ccc(Br)cc2C1(F)F. The molecule has 0 bridgehead atoms. The Hall–Kier alpha value is -0.580. The van der Waals surface area contributed by atoms with Gasteiger partial charge in [0, 0.05) is 16.5 Å². The van der Waals surface area contributed by atoms with Gasteiger partial charge in [0.1, 0.15) is 0 Å². The molecule has 1 aliphatic carbocycles. The number of benzene rings is 1. The van der Waals surface area contributed by atoms with E-state index >= 15 is 0 Å². The van der Waals surface area contributed by atoms with E-state index in [4.69, 9.17) is 0 Å². The van der Waals surface area contributed by atoms with Gasteiger partial charge in [0.2, 0.25) is 0 Å². The van der Waals surface area contributed by atoms with Gasteiger partial charge in [0.15, 0.2) is 0 Å². The molecule has 1 aromatic rings. The number of halogens is 5. The first-order chi connectivity index (χ1) is 6.34. The average molecular weight is 269 g/mol. The summed E-state index contributed by atoms with van der Waals surface area (Å²) < 4.78 is 52.4. The van der Waals surface area contributed by atoms with E-state index in [0.717, 1.165) is 6.07 Å². The molecule has 0 atom stereocenters. The number of hydrogen-bond acceptors (Lipinski definition) is 0. The highest BCUT2D eigenvalue weighted by atomic mass is 79.9. The van der Waals surface area contributed by atoms with E-state index < -0.39 is 23.8 Å². The minimum absolute atomic E-state index is 0.0169. The van der Waals surface area contributed by atoms with Crippen molar-refractivity contribution >= 4 is 15.9 Å². The number of rotatable bonds is 0. The summed E-state index contributed by atoms with van der Waals surface area (Å²) in [6.45, 7) is 0. The Morgan fingerprint density at radius 3 is 2.43 bits per heavy atom. The number of hydrogen-bond donors (Lipinski definition) is 0. The zero-order valence-electron chi connectivity index (χ0n) is 6.83. The fraction of sp³-hybridized carbons (Fsp3) is 0.333. The van der Waals surface area contributed by atoms with Crippen molar-refractivity contribution in [2.75, 3.05) is 0 Å². The second-order valence-electron chi connectivity index (χ2n) is 3.26. The lowest BCUT2D eigenvalue weighted by Gasteiger charge is -2.18. The van der Waals surface area contributed by atoms with Crippen molar-refractivity contribution in [3.05, 3.63) is 33.8 Å². The van der Waals surface area contributed by atoms with Gasteiger partial charge in [-0.25, -0.2) is 0 Å². The molecular formula is C9H5BrF4. The first-order valence-corrected chi connectivity index (χ1v) is 4.68. The largest absolute Gasteiger partial charge is 0.335 e.